The van der Waals surface area contributed by atoms with E-state index in [9.17, 15) is 4.79 Å². The SMILES string of the molecule is COc1ccc(NC(=O)[C@H]2CNC[C@@H]2c2cnn(C)c2)c(OC)c1. The van der Waals surface area contributed by atoms with Gasteiger partial charge in [0.15, 0.2) is 0 Å². The number of hydrogen-bond acceptors (Lipinski definition) is 5. The lowest BCUT2D eigenvalue weighted by Gasteiger charge is -2.18. The maximum absolute atomic E-state index is 12.8. The molecule has 7 heteroatoms. The Morgan fingerprint density at radius 3 is 2.83 bits per heavy atom. The van der Waals surface area contributed by atoms with E-state index in [1.807, 2.05) is 19.4 Å². The molecule has 7 nitrogen and oxygen atoms in total. The van der Waals surface area contributed by atoms with Crippen LogP contribution in [0.25, 0.3) is 0 Å². The number of methoxy groups -OCH3 is 2. The first kappa shape index (κ1) is 16.3. The Balaban J connectivity index is 1.77. The van der Waals surface area contributed by atoms with E-state index >= 15 is 0 Å². The van der Waals surface area contributed by atoms with E-state index in [1.54, 1.807) is 37.1 Å². The zero-order valence-corrected chi connectivity index (χ0v) is 14.1. The van der Waals surface area contributed by atoms with Crippen molar-refractivity contribution >= 4 is 11.6 Å². The predicted molar refractivity (Wildman–Crippen MR) is 90.5 cm³/mol. The van der Waals surface area contributed by atoms with Gasteiger partial charge in [0.05, 0.1) is 32.0 Å². The van der Waals surface area contributed by atoms with Crippen molar-refractivity contribution in [3.05, 3.63) is 36.2 Å². The highest BCUT2D eigenvalue weighted by Crippen LogP contribution is 2.32. The second-order valence-corrected chi connectivity index (χ2v) is 5.87. The molecular formula is C17H22N4O3. The molecule has 1 amide bonds. The van der Waals surface area contributed by atoms with Gasteiger partial charge in [0.2, 0.25) is 5.91 Å². The number of rotatable bonds is 5. The monoisotopic (exact) mass is 330 g/mol. The topological polar surface area (TPSA) is 77.4 Å². The highest BCUT2D eigenvalue weighted by molar-refractivity contribution is 5.95. The van der Waals surface area contributed by atoms with E-state index in [2.05, 4.69) is 15.7 Å². The van der Waals surface area contributed by atoms with Gasteiger partial charge in [0, 0.05) is 38.3 Å². The first-order valence-electron chi connectivity index (χ1n) is 7.84. The summed E-state index contributed by atoms with van der Waals surface area (Å²) in [6.07, 6.45) is 3.79. The molecule has 2 aromatic rings. The number of hydrogen-bond donors (Lipinski definition) is 2. The Hall–Kier alpha value is -2.54. The Morgan fingerprint density at radius 2 is 2.17 bits per heavy atom. The standard InChI is InChI=1S/C17H22N4O3/c1-21-10-11(7-19-21)13-8-18-9-14(13)17(22)20-15-5-4-12(23-2)6-16(15)24-3/h4-7,10,13-14,18H,8-9H2,1-3H3,(H,20,22)/t13-,14+/m1/s1. The fourth-order valence-electron chi connectivity index (χ4n) is 3.06. The molecule has 1 saturated heterocycles. The van der Waals surface area contributed by atoms with E-state index in [0.717, 1.165) is 12.1 Å². The van der Waals surface area contributed by atoms with Gasteiger partial charge in [-0.2, -0.15) is 5.10 Å². The molecule has 0 radical (unpaired) electrons. The van der Waals surface area contributed by atoms with Crippen LogP contribution in [0.2, 0.25) is 0 Å². The molecule has 2 atom stereocenters. The van der Waals surface area contributed by atoms with Gasteiger partial charge in [-0.25, -0.2) is 0 Å². The minimum Gasteiger partial charge on any atom is -0.497 e. The van der Waals surface area contributed by atoms with Gasteiger partial charge in [-0.1, -0.05) is 0 Å². The van der Waals surface area contributed by atoms with E-state index in [0.29, 0.717) is 23.7 Å². The van der Waals surface area contributed by atoms with E-state index < -0.39 is 0 Å². The van der Waals surface area contributed by atoms with Gasteiger partial charge < -0.3 is 20.1 Å². The summed E-state index contributed by atoms with van der Waals surface area (Å²) in [4.78, 5) is 12.8. The molecule has 1 fully saturated rings. The molecule has 2 N–H and O–H groups in total. The lowest BCUT2D eigenvalue weighted by molar-refractivity contribution is -0.119. The van der Waals surface area contributed by atoms with Crippen LogP contribution >= 0.6 is 0 Å². The first-order chi connectivity index (χ1) is 11.6. The number of carbonyl (C=O) groups is 1. The van der Waals surface area contributed by atoms with Crippen molar-refractivity contribution in [1.29, 1.82) is 0 Å². The number of nitrogens with zero attached hydrogens (tertiary/aromatic N) is 2. The molecule has 3 rings (SSSR count). The predicted octanol–water partition coefficient (Wildman–Crippen LogP) is 1.38. The minimum atomic E-state index is -0.152. The Morgan fingerprint density at radius 1 is 1.33 bits per heavy atom. The van der Waals surface area contributed by atoms with E-state index in [-0.39, 0.29) is 17.7 Å². The number of nitrogens with one attached hydrogen (secondary N) is 2. The fourth-order valence-corrected chi connectivity index (χ4v) is 3.06. The number of amides is 1. The van der Waals surface area contributed by atoms with Gasteiger partial charge >= 0.3 is 0 Å². The quantitative estimate of drug-likeness (QED) is 0.866. The molecule has 0 unspecified atom stereocenters. The zero-order valence-electron chi connectivity index (χ0n) is 14.1. The summed E-state index contributed by atoms with van der Waals surface area (Å²) in [7, 11) is 5.04. The molecule has 128 valence electrons. The summed E-state index contributed by atoms with van der Waals surface area (Å²) >= 11 is 0. The molecule has 2 heterocycles. The third-order valence-electron chi connectivity index (χ3n) is 4.37. The molecule has 0 aliphatic carbocycles. The molecule has 1 aromatic carbocycles. The number of anilines is 1. The van der Waals surface area contributed by atoms with Gasteiger partial charge in [-0.05, 0) is 17.7 Å². The maximum Gasteiger partial charge on any atom is 0.229 e. The van der Waals surface area contributed by atoms with Crippen molar-refractivity contribution < 1.29 is 14.3 Å². The third kappa shape index (κ3) is 3.21. The highest BCUT2D eigenvalue weighted by Gasteiger charge is 2.35. The normalized spacial score (nSPS) is 20.0. The third-order valence-corrected chi connectivity index (χ3v) is 4.37. The number of carbonyl (C=O) groups excluding carboxylic acids is 1. The molecular weight excluding hydrogens is 308 g/mol. The number of benzene rings is 1. The summed E-state index contributed by atoms with van der Waals surface area (Å²) in [5.74, 6) is 1.19. The molecule has 1 aliphatic rings. The number of aromatic nitrogens is 2. The van der Waals surface area contributed by atoms with Crippen molar-refractivity contribution in [2.24, 2.45) is 13.0 Å². The molecule has 0 saturated carbocycles. The Bertz CT molecular complexity index is 728. The van der Waals surface area contributed by atoms with E-state index in [1.165, 1.54) is 0 Å². The van der Waals surface area contributed by atoms with Crippen molar-refractivity contribution in [3.8, 4) is 11.5 Å². The van der Waals surface area contributed by atoms with Crippen LogP contribution in [0, 0.1) is 5.92 Å². The molecule has 0 spiro atoms. The van der Waals surface area contributed by atoms with Crippen LogP contribution in [0.5, 0.6) is 11.5 Å². The lowest BCUT2D eigenvalue weighted by Crippen LogP contribution is -2.28. The van der Waals surface area contributed by atoms with Gasteiger partial charge in [-0.15, -0.1) is 0 Å². The van der Waals surface area contributed by atoms with Crippen molar-refractivity contribution in [2.75, 3.05) is 32.6 Å². The zero-order chi connectivity index (χ0) is 17.1. The lowest BCUT2D eigenvalue weighted by atomic mass is 9.90. The van der Waals surface area contributed by atoms with Gasteiger partial charge in [0.25, 0.3) is 0 Å². The van der Waals surface area contributed by atoms with Crippen LogP contribution in [0.3, 0.4) is 0 Å². The second-order valence-electron chi connectivity index (χ2n) is 5.87. The Labute approximate surface area is 140 Å². The second kappa shape index (κ2) is 6.92. The Kier molecular flexibility index (Phi) is 4.71. The molecule has 0 bridgehead atoms. The molecule has 24 heavy (non-hydrogen) atoms. The maximum atomic E-state index is 12.8. The van der Waals surface area contributed by atoms with Gasteiger partial charge in [0.1, 0.15) is 11.5 Å². The summed E-state index contributed by atoms with van der Waals surface area (Å²) < 4.78 is 12.3. The molecule has 1 aromatic heterocycles. The van der Waals surface area contributed by atoms with E-state index in [4.69, 9.17) is 9.47 Å². The smallest absolute Gasteiger partial charge is 0.229 e. The molecule has 1 aliphatic heterocycles. The van der Waals surface area contributed by atoms with Crippen molar-refractivity contribution in [3.63, 3.8) is 0 Å². The van der Waals surface area contributed by atoms with Crippen LogP contribution in [0.1, 0.15) is 11.5 Å². The van der Waals surface area contributed by atoms with Crippen molar-refractivity contribution in [1.82, 2.24) is 15.1 Å². The number of ether oxygens (including phenoxy) is 2. The van der Waals surface area contributed by atoms with Crippen LogP contribution in [-0.2, 0) is 11.8 Å². The summed E-state index contributed by atoms with van der Waals surface area (Å²) in [6.45, 7) is 1.41. The van der Waals surface area contributed by atoms with Crippen LogP contribution < -0.4 is 20.1 Å². The number of aryl methyl sites for hydroxylation is 1. The van der Waals surface area contributed by atoms with Gasteiger partial charge in [-0.3, -0.25) is 9.48 Å². The van der Waals surface area contributed by atoms with Crippen LogP contribution in [-0.4, -0.2) is 43.0 Å². The highest BCUT2D eigenvalue weighted by atomic mass is 16.5. The summed E-state index contributed by atoms with van der Waals surface area (Å²) in [5.41, 5.74) is 1.71. The summed E-state index contributed by atoms with van der Waals surface area (Å²) in [6, 6.07) is 5.34. The summed E-state index contributed by atoms with van der Waals surface area (Å²) in [5, 5.41) is 10.5. The first-order valence-corrected chi connectivity index (χ1v) is 7.84. The average Bonchev–Trinajstić information content (AvgIpc) is 3.23. The largest absolute Gasteiger partial charge is 0.497 e. The van der Waals surface area contributed by atoms with Crippen LogP contribution in [0.15, 0.2) is 30.6 Å². The minimum absolute atomic E-state index is 0.0303. The fraction of sp³-hybridized carbons (Fsp3) is 0.412. The average molecular weight is 330 g/mol. The van der Waals surface area contributed by atoms with Crippen LogP contribution in [0.4, 0.5) is 5.69 Å². The van der Waals surface area contributed by atoms with Crippen molar-refractivity contribution in [2.45, 2.75) is 5.92 Å².